The highest BCUT2D eigenvalue weighted by Gasteiger charge is 2.31. The predicted molar refractivity (Wildman–Crippen MR) is 109 cm³/mol. The second kappa shape index (κ2) is 9.30. The lowest BCUT2D eigenvalue weighted by molar-refractivity contribution is -0.00363. The van der Waals surface area contributed by atoms with Crippen LogP contribution in [0.3, 0.4) is 0 Å². The summed E-state index contributed by atoms with van der Waals surface area (Å²) in [4.78, 5) is 16.5. The van der Waals surface area contributed by atoms with Gasteiger partial charge in [-0.1, -0.05) is 6.07 Å². The molecule has 0 radical (unpaired) electrons. The number of aliphatic hydroxyl groups is 1. The summed E-state index contributed by atoms with van der Waals surface area (Å²) >= 11 is 0. The molecule has 2 aliphatic heterocycles. The molecular formula is C22H25ClF2N2O2. The van der Waals surface area contributed by atoms with Crippen LogP contribution < -0.4 is 0 Å². The van der Waals surface area contributed by atoms with Crippen molar-refractivity contribution >= 4 is 18.2 Å². The minimum Gasteiger partial charge on any atom is -0.374 e. The Bertz CT molecular complexity index is 854. The zero-order valence-corrected chi connectivity index (χ0v) is 16.9. The number of aliphatic hydroxyl groups excluding tert-OH is 1. The molecule has 7 heteroatoms. The summed E-state index contributed by atoms with van der Waals surface area (Å²) in [7, 11) is 0. The molecule has 2 aliphatic rings. The van der Waals surface area contributed by atoms with Crippen molar-refractivity contribution in [1.82, 2.24) is 9.80 Å². The third kappa shape index (κ3) is 5.01. The Labute approximate surface area is 175 Å². The van der Waals surface area contributed by atoms with E-state index in [1.54, 1.807) is 6.07 Å². The van der Waals surface area contributed by atoms with Crippen LogP contribution in [-0.2, 0) is 6.54 Å². The number of likely N-dealkylation sites (tertiary alicyclic amines) is 1. The van der Waals surface area contributed by atoms with Gasteiger partial charge in [0.15, 0.2) is 5.78 Å². The first-order valence-corrected chi connectivity index (χ1v) is 9.71. The third-order valence-corrected chi connectivity index (χ3v) is 5.84. The minimum absolute atomic E-state index is 0. The van der Waals surface area contributed by atoms with Gasteiger partial charge in [0.2, 0.25) is 0 Å². The van der Waals surface area contributed by atoms with E-state index < -0.39 is 6.23 Å². The van der Waals surface area contributed by atoms with E-state index in [1.165, 1.54) is 36.4 Å². The van der Waals surface area contributed by atoms with Crippen LogP contribution in [-0.4, -0.2) is 46.9 Å². The molecule has 2 aromatic rings. The number of carbonyl (C=O) groups is 1. The zero-order valence-electron chi connectivity index (χ0n) is 16.1. The molecule has 0 aromatic heterocycles. The number of rotatable bonds is 5. The molecule has 4 rings (SSSR count). The molecule has 2 heterocycles. The molecule has 156 valence electrons. The zero-order chi connectivity index (χ0) is 19.7. The molecule has 1 fully saturated rings. The summed E-state index contributed by atoms with van der Waals surface area (Å²) in [5.74, 6) is -0.220. The predicted octanol–water partition coefficient (Wildman–Crippen LogP) is 3.79. The molecule has 0 amide bonds. The van der Waals surface area contributed by atoms with E-state index in [4.69, 9.17) is 0 Å². The topological polar surface area (TPSA) is 43.8 Å². The summed E-state index contributed by atoms with van der Waals surface area (Å²) in [5.41, 5.74) is 2.19. The van der Waals surface area contributed by atoms with Crippen molar-refractivity contribution in [2.24, 2.45) is 5.92 Å². The number of piperidine rings is 1. The van der Waals surface area contributed by atoms with Gasteiger partial charge >= 0.3 is 0 Å². The van der Waals surface area contributed by atoms with E-state index in [2.05, 4.69) is 4.90 Å². The van der Waals surface area contributed by atoms with Gasteiger partial charge in [-0.2, -0.15) is 0 Å². The van der Waals surface area contributed by atoms with Crippen molar-refractivity contribution in [2.45, 2.75) is 25.6 Å². The van der Waals surface area contributed by atoms with E-state index in [1.807, 2.05) is 4.90 Å². The SMILES string of the molecule is Cl.O=C(CN1CCC(CN2Cc3ccc(F)cc3C2O)CC1)c1ccc(F)cc1. The molecule has 0 spiro atoms. The quantitative estimate of drug-likeness (QED) is 0.744. The molecule has 29 heavy (non-hydrogen) atoms. The van der Waals surface area contributed by atoms with Crippen molar-refractivity contribution in [2.75, 3.05) is 26.2 Å². The van der Waals surface area contributed by atoms with Crippen LogP contribution in [0.15, 0.2) is 42.5 Å². The molecule has 4 nitrogen and oxygen atoms in total. The summed E-state index contributed by atoms with van der Waals surface area (Å²) in [6, 6.07) is 10.3. The average Bonchev–Trinajstić information content (AvgIpc) is 2.99. The van der Waals surface area contributed by atoms with E-state index in [0.717, 1.165) is 38.0 Å². The van der Waals surface area contributed by atoms with Crippen LogP contribution in [0.1, 0.15) is 40.6 Å². The maximum Gasteiger partial charge on any atom is 0.176 e. The monoisotopic (exact) mass is 422 g/mol. The van der Waals surface area contributed by atoms with Crippen LogP contribution in [0.5, 0.6) is 0 Å². The molecule has 0 saturated carbocycles. The molecule has 0 aliphatic carbocycles. The van der Waals surface area contributed by atoms with Crippen molar-refractivity contribution in [3.05, 3.63) is 70.8 Å². The lowest BCUT2D eigenvalue weighted by atomic mass is 9.95. The highest BCUT2D eigenvalue weighted by Crippen LogP contribution is 2.34. The normalized spacial score (nSPS) is 20.3. The van der Waals surface area contributed by atoms with Gasteiger partial charge in [-0.05, 0) is 73.8 Å². The van der Waals surface area contributed by atoms with Crippen molar-refractivity contribution in [1.29, 1.82) is 0 Å². The van der Waals surface area contributed by atoms with Gasteiger partial charge in [0.25, 0.3) is 0 Å². The second-order valence-electron chi connectivity index (χ2n) is 7.80. The van der Waals surface area contributed by atoms with Crippen molar-refractivity contribution in [3.63, 3.8) is 0 Å². The van der Waals surface area contributed by atoms with Crippen LogP contribution >= 0.6 is 12.4 Å². The first-order chi connectivity index (χ1) is 13.5. The number of hydrogen-bond donors (Lipinski definition) is 1. The van der Waals surface area contributed by atoms with E-state index in [9.17, 15) is 18.7 Å². The van der Waals surface area contributed by atoms with Gasteiger partial charge in [-0.15, -0.1) is 12.4 Å². The Morgan fingerprint density at radius 2 is 1.69 bits per heavy atom. The number of Topliss-reactive ketones (excluding diaryl/α,β-unsaturated/α-hetero) is 1. The van der Waals surface area contributed by atoms with E-state index in [0.29, 0.717) is 30.1 Å². The minimum atomic E-state index is -0.746. The van der Waals surface area contributed by atoms with E-state index >= 15 is 0 Å². The van der Waals surface area contributed by atoms with Crippen LogP contribution in [0.25, 0.3) is 0 Å². The van der Waals surface area contributed by atoms with Gasteiger partial charge in [0, 0.05) is 24.2 Å². The molecule has 0 bridgehead atoms. The fourth-order valence-electron chi connectivity index (χ4n) is 4.21. The number of ketones is 1. The number of fused-ring (bicyclic) bond motifs is 1. The molecule has 1 saturated heterocycles. The highest BCUT2D eigenvalue weighted by atomic mass is 35.5. The summed E-state index contributed by atoms with van der Waals surface area (Å²) < 4.78 is 26.4. The third-order valence-electron chi connectivity index (χ3n) is 5.84. The Balaban J connectivity index is 0.00000240. The smallest absolute Gasteiger partial charge is 0.176 e. The fraction of sp³-hybridized carbons (Fsp3) is 0.409. The maximum absolute atomic E-state index is 13.4. The summed E-state index contributed by atoms with van der Waals surface area (Å²) in [6.45, 7) is 3.39. The van der Waals surface area contributed by atoms with Gasteiger partial charge in [-0.3, -0.25) is 14.6 Å². The molecule has 1 N–H and O–H groups in total. The Kier molecular flexibility index (Phi) is 7.01. The largest absolute Gasteiger partial charge is 0.374 e. The Hall–Kier alpha value is -1.86. The highest BCUT2D eigenvalue weighted by molar-refractivity contribution is 5.97. The van der Waals surface area contributed by atoms with Gasteiger partial charge in [0.05, 0.1) is 6.54 Å². The molecule has 1 unspecified atom stereocenters. The van der Waals surface area contributed by atoms with Crippen molar-refractivity contribution in [3.8, 4) is 0 Å². The van der Waals surface area contributed by atoms with Crippen LogP contribution in [0.2, 0.25) is 0 Å². The van der Waals surface area contributed by atoms with Crippen LogP contribution in [0.4, 0.5) is 8.78 Å². The molecule has 2 aromatic carbocycles. The fourth-order valence-corrected chi connectivity index (χ4v) is 4.21. The van der Waals surface area contributed by atoms with Gasteiger partial charge in [-0.25, -0.2) is 8.78 Å². The first kappa shape index (κ1) is 21.8. The average molecular weight is 423 g/mol. The van der Waals surface area contributed by atoms with Crippen LogP contribution in [0, 0.1) is 17.6 Å². The summed E-state index contributed by atoms with van der Waals surface area (Å²) in [5, 5.41) is 10.5. The van der Waals surface area contributed by atoms with Gasteiger partial charge in [0.1, 0.15) is 17.9 Å². The lowest BCUT2D eigenvalue weighted by Gasteiger charge is -2.34. The number of hydrogen-bond acceptors (Lipinski definition) is 4. The number of nitrogens with zero attached hydrogens (tertiary/aromatic N) is 2. The molecule has 1 atom stereocenters. The lowest BCUT2D eigenvalue weighted by Crippen LogP contribution is -2.40. The maximum atomic E-state index is 13.4. The van der Waals surface area contributed by atoms with E-state index in [-0.39, 0.29) is 29.8 Å². The van der Waals surface area contributed by atoms with Crippen molar-refractivity contribution < 1.29 is 18.7 Å². The first-order valence-electron chi connectivity index (χ1n) is 9.71. The number of carbonyl (C=O) groups excluding carboxylic acids is 1. The molecular weight excluding hydrogens is 398 g/mol. The standard InChI is InChI=1S/C22H24F2N2O2.ClH/c23-18-4-1-16(2-5-18)21(27)14-25-9-7-15(8-10-25)12-26-13-17-3-6-19(24)11-20(17)22(26)28;/h1-6,11,15,22,28H,7-10,12-14H2;1H. The number of halogens is 3. The second-order valence-corrected chi connectivity index (χ2v) is 7.80. The summed E-state index contributed by atoms with van der Waals surface area (Å²) in [6.07, 6.45) is 1.15. The Morgan fingerprint density at radius 3 is 2.38 bits per heavy atom. The Morgan fingerprint density at radius 1 is 1.03 bits per heavy atom. The number of benzene rings is 2. The van der Waals surface area contributed by atoms with Gasteiger partial charge < -0.3 is 5.11 Å².